The van der Waals surface area contributed by atoms with Crippen LogP contribution in [0.4, 0.5) is 5.82 Å². The zero-order valence-corrected chi connectivity index (χ0v) is 12.5. The van der Waals surface area contributed by atoms with Gasteiger partial charge < -0.3 is 16.0 Å². The van der Waals surface area contributed by atoms with Gasteiger partial charge in [0.1, 0.15) is 11.0 Å². The number of aromatic nitrogens is 1. The van der Waals surface area contributed by atoms with Crippen molar-refractivity contribution in [1.29, 1.82) is 0 Å². The highest BCUT2D eigenvalue weighted by Gasteiger charge is 2.11. The molecule has 2 amide bonds. The third-order valence-electron chi connectivity index (χ3n) is 2.27. The Bertz CT molecular complexity index is 491. The summed E-state index contributed by atoms with van der Waals surface area (Å²) in [6.45, 7) is 6.22. The number of amides is 2. The van der Waals surface area contributed by atoms with Crippen molar-refractivity contribution in [2.75, 3.05) is 18.4 Å². The van der Waals surface area contributed by atoms with Crippen LogP contribution in [0, 0.1) is 0 Å². The van der Waals surface area contributed by atoms with Crippen LogP contribution >= 0.6 is 11.6 Å². The molecular weight excluding hydrogens is 280 g/mol. The molecule has 0 fully saturated rings. The lowest BCUT2D eigenvalue weighted by Gasteiger charge is -2.10. The zero-order valence-electron chi connectivity index (χ0n) is 11.8. The lowest BCUT2D eigenvalue weighted by atomic mass is 10.2. The van der Waals surface area contributed by atoms with E-state index in [0.29, 0.717) is 17.9 Å². The molecule has 1 heterocycles. The van der Waals surface area contributed by atoms with E-state index in [2.05, 4.69) is 20.9 Å². The van der Waals surface area contributed by atoms with E-state index in [4.69, 9.17) is 11.6 Å². The summed E-state index contributed by atoms with van der Waals surface area (Å²) in [5.41, 5.74) is 0.360. The first-order valence-electron chi connectivity index (χ1n) is 6.41. The van der Waals surface area contributed by atoms with Crippen LogP contribution in [0.15, 0.2) is 12.1 Å². The first-order valence-corrected chi connectivity index (χ1v) is 6.79. The van der Waals surface area contributed by atoms with Gasteiger partial charge in [-0.05, 0) is 32.9 Å². The van der Waals surface area contributed by atoms with Crippen LogP contribution in [0.1, 0.15) is 31.1 Å². The number of carbonyl (C=O) groups is 2. The molecule has 0 unspecified atom stereocenters. The Morgan fingerprint density at radius 1 is 1.35 bits per heavy atom. The molecule has 110 valence electrons. The van der Waals surface area contributed by atoms with E-state index in [9.17, 15) is 9.59 Å². The summed E-state index contributed by atoms with van der Waals surface area (Å²) in [7, 11) is 0. The Kier molecular flexibility index (Phi) is 6.24. The van der Waals surface area contributed by atoms with Gasteiger partial charge in [-0.2, -0.15) is 0 Å². The van der Waals surface area contributed by atoms with Crippen molar-refractivity contribution < 1.29 is 9.59 Å². The molecule has 0 saturated heterocycles. The fourth-order valence-electron chi connectivity index (χ4n) is 1.54. The van der Waals surface area contributed by atoms with Crippen molar-refractivity contribution in [1.82, 2.24) is 15.6 Å². The van der Waals surface area contributed by atoms with E-state index in [1.807, 2.05) is 20.8 Å². The van der Waals surface area contributed by atoms with E-state index < -0.39 is 0 Å². The highest BCUT2D eigenvalue weighted by molar-refractivity contribution is 6.29. The van der Waals surface area contributed by atoms with Crippen molar-refractivity contribution in [3.05, 3.63) is 22.8 Å². The Hall–Kier alpha value is -1.82. The molecule has 20 heavy (non-hydrogen) atoms. The molecule has 1 aromatic rings. The minimum Gasteiger partial charge on any atom is -0.370 e. The van der Waals surface area contributed by atoms with Crippen molar-refractivity contribution in [3.8, 4) is 0 Å². The number of hydrogen-bond donors (Lipinski definition) is 3. The topological polar surface area (TPSA) is 83.1 Å². The van der Waals surface area contributed by atoms with Gasteiger partial charge in [0.15, 0.2) is 0 Å². The molecule has 7 heteroatoms. The largest absolute Gasteiger partial charge is 0.370 e. The second kappa shape index (κ2) is 7.69. The van der Waals surface area contributed by atoms with E-state index in [-0.39, 0.29) is 29.6 Å². The smallest absolute Gasteiger partial charge is 0.251 e. The highest BCUT2D eigenvalue weighted by atomic mass is 35.5. The number of halogens is 1. The SMILES string of the molecule is CCNc1cc(C(=O)NCC(=O)NC(C)C)cc(Cl)n1. The normalized spacial score (nSPS) is 10.2. The second-order valence-electron chi connectivity index (χ2n) is 4.50. The van der Waals surface area contributed by atoms with Crippen LogP contribution in [-0.4, -0.2) is 35.9 Å². The average Bonchev–Trinajstić information content (AvgIpc) is 2.34. The number of hydrogen-bond acceptors (Lipinski definition) is 4. The minimum absolute atomic E-state index is 0.0372. The molecule has 1 rings (SSSR count). The lowest BCUT2D eigenvalue weighted by Crippen LogP contribution is -2.39. The van der Waals surface area contributed by atoms with Gasteiger partial charge in [0.25, 0.3) is 5.91 Å². The summed E-state index contributed by atoms with van der Waals surface area (Å²) in [5, 5.41) is 8.43. The van der Waals surface area contributed by atoms with Crippen LogP contribution in [0.25, 0.3) is 0 Å². The molecule has 0 radical (unpaired) electrons. The summed E-state index contributed by atoms with van der Waals surface area (Å²) in [4.78, 5) is 27.4. The average molecular weight is 299 g/mol. The summed E-state index contributed by atoms with van der Waals surface area (Å²) in [5.74, 6) is -0.0791. The standard InChI is InChI=1S/C13H19ClN4O2/c1-4-15-11-6-9(5-10(14)18-11)13(20)16-7-12(19)17-8(2)3/h5-6,8H,4,7H2,1-3H3,(H,15,18)(H,16,20)(H,17,19). The number of rotatable bonds is 6. The maximum atomic E-state index is 11.9. The van der Waals surface area contributed by atoms with Crippen LogP contribution < -0.4 is 16.0 Å². The molecule has 0 aliphatic carbocycles. The lowest BCUT2D eigenvalue weighted by molar-refractivity contribution is -0.120. The third-order valence-corrected chi connectivity index (χ3v) is 2.47. The summed E-state index contributed by atoms with van der Waals surface area (Å²) in [6, 6.07) is 3.08. The van der Waals surface area contributed by atoms with Gasteiger partial charge in [0.2, 0.25) is 5.91 Å². The van der Waals surface area contributed by atoms with Crippen LogP contribution in [-0.2, 0) is 4.79 Å². The molecule has 0 spiro atoms. The van der Waals surface area contributed by atoms with Gasteiger partial charge in [-0.1, -0.05) is 11.6 Å². The van der Waals surface area contributed by atoms with Crippen LogP contribution in [0.3, 0.4) is 0 Å². The first kappa shape index (κ1) is 16.2. The van der Waals surface area contributed by atoms with E-state index in [0.717, 1.165) is 0 Å². The fraction of sp³-hybridized carbons (Fsp3) is 0.462. The number of anilines is 1. The van der Waals surface area contributed by atoms with E-state index in [1.54, 1.807) is 6.07 Å². The van der Waals surface area contributed by atoms with Gasteiger partial charge in [-0.25, -0.2) is 4.98 Å². The minimum atomic E-state index is -0.368. The third kappa shape index (κ3) is 5.44. The number of nitrogens with one attached hydrogen (secondary N) is 3. The highest BCUT2D eigenvalue weighted by Crippen LogP contribution is 2.14. The van der Waals surface area contributed by atoms with Gasteiger partial charge in [-0.3, -0.25) is 9.59 Å². The molecule has 0 atom stereocenters. The predicted molar refractivity (Wildman–Crippen MR) is 79.0 cm³/mol. The van der Waals surface area contributed by atoms with Crippen molar-refractivity contribution in [2.45, 2.75) is 26.8 Å². The molecule has 0 bridgehead atoms. The molecular formula is C13H19ClN4O2. The summed E-state index contributed by atoms with van der Waals surface area (Å²) < 4.78 is 0. The molecule has 0 aliphatic rings. The molecule has 0 saturated carbocycles. The Balaban J connectivity index is 2.65. The molecule has 0 aromatic carbocycles. The summed E-state index contributed by atoms with van der Waals surface area (Å²) >= 11 is 5.85. The van der Waals surface area contributed by atoms with Crippen molar-refractivity contribution in [3.63, 3.8) is 0 Å². The Labute approximate surface area is 123 Å². The van der Waals surface area contributed by atoms with Crippen LogP contribution in [0.2, 0.25) is 5.15 Å². The first-order chi connectivity index (χ1) is 9.42. The zero-order chi connectivity index (χ0) is 15.1. The monoisotopic (exact) mass is 298 g/mol. The van der Waals surface area contributed by atoms with Crippen molar-refractivity contribution >= 4 is 29.2 Å². The Morgan fingerprint density at radius 3 is 2.65 bits per heavy atom. The number of pyridine rings is 1. The van der Waals surface area contributed by atoms with Gasteiger partial charge >= 0.3 is 0 Å². The van der Waals surface area contributed by atoms with Gasteiger partial charge in [0, 0.05) is 18.2 Å². The van der Waals surface area contributed by atoms with Crippen LogP contribution in [0.5, 0.6) is 0 Å². The number of carbonyl (C=O) groups excluding carboxylic acids is 2. The number of nitrogens with zero attached hydrogens (tertiary/aromatic N) is 1. The Morgan fingerprint density at radius 2 is 2.05 bits per heavy atom. The fourth-order valence-corrected chi connectivity index (χ4v) is 1.74. The van der Waals surface area contributed by atoms with Gasteiger partial charge in [-0.15, -0.1) is 0 Å². The molecule has 1 aromatic heterocycles. The second-order valence-corrected chi connectivity index (χ2v) is 4.89. The molecule has 0 aliphatic heterocycles. The van der Waals surface area contributed by atoms with E-state index in [1.165, 1.54) is 6.07 Å². The van der Waals surface area contributed by atoms with Gasteiger partial charge in [0.05, 0.1) is 6.54 Å². The molecule has 6 nitrogen and oxygen atoms in total. The molecule has 3 N–H and O–H groups in total. The maximum absolute atomic E-state index is 11.9. The quantitative estimate of drug-likeness (QED) is 0.694. The maximum Gasteiger partial charge on any atom is 0.251 e. The summed E-state index contributed by atoms with van der Waals surface area (Å²) in [6.07, 6.45) is 0. The predicted octanol–water partition coefficient (Wildman–Crippen LogP) is 1.42. The van der Waals surface area contributed by atoms with E-state index >= 15 is 0 Å². The van der Waals surface area contributed by atoms with Crippen molar-refractivity contribution in [2.24, 2.45) is 0 Å².